The van der Waals surface area contributed by atoms with Gasteiger partial charge in [-0.1, -0.05) is 28.1 Å². The van der Waals surface area contributed by atoms with Crippen molar-refractivity contribution in [2.75, 3.05) is 0 Å². The Bertz CT molecular complexity index is 757. The molecule has 3 rings (SSSR count). The number of hydrogen-bond donors (Lipinski definition) is 1. The van der Waals surface area contributed by atoms with Gasteiger partial charge in [-0.05, 0) is 24.6 Å². The van der Waals surface area contributed by atoms with Crippen molar-refractivity contribution in [2.45, 2.75) is 32.5 Å². The third-order valence-corrected chi connectivity index (χ3v) is 4.46. The molecule has 1 aromatic carbocycles. The van der Waals surface area contributed by atoms with Crippen molar-refractivity contribution >= 4 is 27.8 Å². The van der Waals surface area contributed by atoms with Crippen LogP contribution in [0, 0.1) is 6.92 Å². The quantitative estimate of drug-likeness (QED) is 0.871. The number of aryl methyl sites for hydroxylation is 1. The molecule has 1 N–H and O–H groups in total. The van der Waals surface area contributed by atoms with Crippen LogP contribution in [0.2, 0.25) is 0 Å². The van der Waals surface area contributed by atoms with Crippen molar-refractivity contribution in [2.24, 2.45) is 0 Å². The van der Waals surface area contributed by atoms with Crippen LogP contribution in [0.1, 0.15) is 17.2 Å². The van der Waals surface area contributed by atoms with E-state index in [2.05, 4.69) is 26.1 Å². The normalized spacial score (nSPS) is 17.0. The molecular weight excluding hydrogens is 364 g/mol. The van der Waals surface area contributed by atoms with E-state index >= 15 is 0 Å². The molecule has 0 radical (unpaired) electrons. The smallest absolute Gasteiger partial charge is 0.328 e. The molecule has 1 unspecified atom stereocenters. The van der Waals surface area contributed by atoms with E-state index in [4.69, 9.17) is 0 Å². The van der Waals surface area contributed by atoms with Crippen molar-refractivity contribution < 1.29 is 14.7 Å². The Balaban J connectivity index is 1.83. The summed E-state index contributed by atoms with van der Waals surface area (Å²) in [6.45, 7) is 2.11. The zero-order valence-corrected chi connectivity index (χ0v) is 14.0. The molecular formula is C15H15BrN4O3. The van der Waals surface area contributed by atoms with Crippen LogP contribution >= 0.6 is 15.9 Å². The number of carboxylic acids is 1. The number of fused-ring (bicyclic) bond motifs is 1. The van der Waals surface area contributed by atoms with Crippen LogP contribution in [0.3, 0.4) is 0 Å². The lowest BCUT2D eigenvalue weighted by atomic mass is 10.1. The lowest BCUT2D eigenvalue weighted by molar-refractivity contribution is -0.152. The highest BCUT2D eigenvalue weighted by atomic mass is 79.9. The summed E-state index contributed by atoms with van der Waals surface area (Å²) in [7, 11) is 0. The second kappa shape index (κ2) is 6.11. The summed E-state index contributed by atoms with van der Waals surface area (Å²) in [5, 5.41) is 17.4. The van der Waals surface area contributed by atoms with Crippen LogP contribution in [0.25, 0.3) is 0 Å². The van der Waals surface area contributed by atoms with Crippen molar-refractivity contribution in [3.05, 3.63) is 46.0 Å². The average Bonchev–Trinajstić information content (AvgIpc) is 2.89. The van der Waals surface area contributed by atoms with Gasteiger partial charge in [0.1, 0.15) is 11.9 Å². The maximum Gasteiger partial charge on any atom is 0.328 e. The fraction of sp³-hybridized carbons (Fsp3) is 0.333. The molecule has 1 amide bonds. The van der Waals surface area contributed by atoms with Gasteiger partial charge in [0.2, 0.25) is 5.91 Å². The van der Waals surface area contributed by atoms with Crippen LogP contribution in [-0.4, -0.2) is 42.7 Å². The summed E-state index contributed by atoms with van der Waals surface area (Å²) < 4.78 is 2.68. The Morgan fingerprint density at radius 1 is 1.30 bits per heavy atom. The van der Waals surface area contributed by atoms with E-state index in [1.165, 1.54) is 4.90 Å². The van der Waals surface area contributed by atoms with Crippen molar-refractivity contribution in [3.63, 3.8) is 0 Å². The summed E-state index contributed by atoms with van der Waals surface area (Å²) in [5.41, 5.74) is 0.838. The molecule has 8 heteroatoms. The number of carbonyl (C=O) groups excluding carboxylic acids is 1. The van der Waals surface area contributed by atoms with E-state index in [0.29, 0.717) is 11.6 Å². The third-order valence-electron chi connectivity index (χ3n) is 3.93. The molecule has 120 valence electrons. The van der Waals surface area contributed by atoms with Gasteiger partial charge >= 0.3 is 5.97 Å². The Labute approximate surface area is 141 Å². The standard InChI is InChI=1S/C15H15BrN4O3/c1-9-17-18-13-8-20(12(15(22)23)7-19(9)13)14(21)6-10-2-4-11(16)5-3-10/h2-5,12H,6-8H2,1H3,(H,22,23). The number of aliphatic carboxylic acids is 1. The molecule has 7 nitrogen and oxygen atoms in total. The molecule has 1 aromatic heterocycles. The molecule has 1 atom stereocenters. The highest BCUT2D eigenvalue weighted by molar-refractivity contribution is 9.10. The fourth-order valence-electron chi connectivity index (χ4n) is 2.67. The number of rotatable bonds is 3. The number of aromatic nitrogens is 3. The Kier molecular flexibility index (Phi) is 4.16. The van der Waals surface area contributed by atoms with Gasteiger partial charge in [-0.2, -0.15) is 0 Å². The van der Waals surface area contributed by atoms with Gasteiger partial charge in [-0.15, -0.1) is 10.2 Å². The summed E-state index contributed by atoms with van der Waals surface area (Å²) in [6.07, 6.45) is 0.157. The van der Waals surface area contributed by atoms with E-state index in [0.717, 1.165) is 10.0 Å². The van der Waals surface area contributed by atoms with E-state index < -0.39 is 12.0 Å². The molecule has 1 aliphatic heterocycles. The van der Waals surface area contributed by atoms with Crippen molar-refractivity contribution in [1.82, 2.24) is 19.7 Å². The minimum Gasteiger partial charge on any atom is -0.480 e. The number of benzene rings is 1. The molecule has 23 heavy (non-hydrogen) atoms. The zero-order valence-electron chi connectivity index (χ0n) is 12.4. The van der Waals surface area contributed by atoms with Gasteiger partial charge in [-0.25, -0.2) is 4.79 Å². The second-order valence-corrected chi connectivity index (χ2v) is 6.37. The minimum absolute atomic E-state index is 0.157. The number of halogens is 1. The van der Waals surface area contributed by atoms with Crippen molar-refractivity contribution in [3.8, 4) is 0 Å². The first kappa shape index (κ1) is 15.7. The van der Waals surface area contributed by atoms with Crippen molar-refractivity contribution in [1.29, 1.82) is 0 Å². The van der Waals surface area contributed by atoms with E-state index in [1.807, 2.05) is 24.3 Å². The summed E-state index contributed by atoms with van der Waals surface area (Å²) in [5.74, 6) is 0.0231. The maximum atomic E-state index is 12.6. The molecule has 0 saturated carbocycles. The highest BCUT2D eigenvalue weighted by Crippen LogP contribution is 2.20. The highest BCUT2D eigenvalue weighted by Gasteiger charge is 2.36. The van der Waals surface area contributed by atoms with E-state index in [9.17, 15) is 14.7 Å². The number of amides is 1. The third kappa shape index (κ3) is 3.12. The number of hydrogen-bond acceptors (Lipinski definition) is 4. The van der Waals surface area contributed by atoms with Gasteiger partial charge in [-0.3, -0.25) is 4.79 Å². The number of nitrogens with zero attached hydrogens (tertiary/aromatic N) is 4. The van der Waals surface area contributed by atoms with Gasteiger partial charge in [0.15, 0.2) is 5.82 Å². The molecule has 0 fully saturated rings. The first-order valence-corrected chi connectivity index (χ1v) is 7.90. The molecule has 2 aromatic rings. The van der Waals surface area contributed by atoms with Gasteiger partial charge in [0, 0.05) is 4.47 Å². The number of carbonyl (C=O) groups is 2. The van der Waals surface area contributed by atoms with E-state index in [1.54, 1.807) is 11.5 Å². The summed E-state index contributed by atoms with van der Waals surface area (Å²) in [4.78, 5) is 25.5. The molecule has 0 aliphatic carbocycles. The maximum absolute atomic E-state index is 12.6. The van der Waals surface area contributed by atoms with Crippen LogP contribution in [-0.2, 0) is 29.1 Å². The first-order chi connectivity index (χ1) is 11.0. The Hall–Kier alpha value is -2.22. The molecule has 0 spiro atoms. The van der Waals surface area contributed by atoms with Crippen LogP contribution < -0.4 is 0 Å². The Morgan fingerprint density at radius 3 is 2.65 bits per heavy atom. The Morgan fingerprint density at radius 2 is 2.00 bits per heavy atom. The monoisotopic (exact) mass is 378 g/mol. The molecule has 2 heterocycles. The fourth-order valence-corrected chi connectivity index (χ4v) is 2.93. The lowest BCUT2D eigenvalue weighted by Gasteiger charge is -2.33. The topological polar surface area (TPSA) is 88.3 Å². The van der Waals surface area contributed by atoms with Gasteiger partial charge in [0.05, 0.1) is 19.5 Å². The SMILES string of the molecule is Cc1nnc2n1CC(C(=O)O)N(C(=O)Cc1ccc(Br)cc1)C2. The van der Waals surface area contributed by atoms with Crippen LogP contribution in [0.5, 0.6) is 0 Å². The van der Waals surface area contributed by atoms with E-state index in [-0.39, 0.29) is 25.4 Å². The largest absolute Gasteiger partial charge is 0.480 e. The number of carboxylic acid groups (broad SMARTS) is 1. The molecule has 1 aliphatic rings. The minimum atomic E-state index is -1.02. The second-order valence-electron chi connectivity index (χ2n) is 5.45. The first-order valence-electron chi connectivity index (χ1n) is 7.11. The zero-order chi connectivity index (χ0) is 16.6. The average molecular weight is 379 g/mol. The van der Waals surface area contributed by atoms with Crippen LogP contribution in [0.15, 0.2) is 28.7 Å². The molecule has 0 bridgehead atoms. The van der Waals surface area contributed by atoms with Crippen LogP contribution in [0.4, 0.5) is 0 Å². The summed E-state index contributed by atoms with van der Waals surface area (Å²) >= 11 is 3.35. The predicted octanol–water partition coefficient (Wildman–Crippen LogP) is 1.39. The van der Waals surface area contributed by atoms with Gasteiger partial charge in [0.25, 0.3) is 0 Å². The van der Waals surface area contributed by atoms with Gasteiger partial charge < -0.3 is 14.6 Å². The predicted molar refractivity (Wildman–Crippen MR) is 84.6 cm³/mol. The molecule has 0 saturated heterocycles. The lowest BCUT2D eigenvalue weighted by Crippen LogP contribution is -2.51. The summed E-state index contributed by atoms with van der Waals surface area (Å²) in [6, 6.07) is 6.49.